The zero-order valence-electron chi connectivity index (χ0n) is 8.13. The fraction of sp³-hybridized carbons (Fsp3) is 0.182. The molecule has 4 heteroatoms. The van der Waals surface area contributed by atoms with Gasteiger partial charge in [0.2, 0.25) is 0 Å². The fourth-order valence-electron chi connectivity index (χ4n) is 1.33. The maximum Gasteiger partial charge on any atom is 0.181 e. The largest absolute Gasteiger partial charge is 0.443 e. The van der Waals surface area contributed by atoms with Crippen molar-refractivity contribution in [1.82, 2.24) is 4.98 Å². The molecule has 0 unspecified atom stereocenters. The van der Waals surface area contributed by atoms with E-state index in [1.54, 1.807) is 0 Å². The van der Waals surface area contributed by atoms with Gasteiger partial charge in [0.05, 0.1) is 5.69 Å². The smallest absolute Gasteiger partial charge is 0.181 e. The molecule has 0 N–H and O–H groups in total. The van der Waals surface area contributed by atoms with Crippen molar-refractivity contribution in [3.63, 3.8) is 0 Å². The van der Waals surface area contributed by atoms with Crippen molar-refractivity contribution in [2.45, 2.75) is 12.3 Å². The van der Waals surface area contributed by atoms with Crippen molar-refractivity contribution in [3.05, 3.63) is 40.3 Å². The summed E-state index contributed by atoms with van der Waals surface area (Å²) in [5.74, 6) is 0.826. The number of aryl methyl sites for hydroxylation is 1. The summed E-state index contributed by atoms with van der Waals surface area (Å²) < 4.78 is 6.45. The van der Waals surface area contributed by atoms with Crippen molar-refractivity contribution in [2.24, 2.45) is 0 Å². The molecule has 0 spiro atoms. The molecule has 0 bridgehead atoms. The number of hydrogen-bond donors (Lipinski definition) is 0. The van der Waals surface area contributed by atoms with E-state index in [0.717, 1.165) is 21.5 Å². The summed E-state index contributed by atoms with van der Waals surface area (Å²) in [6.07, 6.45) is 1.47. The molecule has 2 aromatic rings. The number of alkyl halides is 1. The number of halogens is 2. The Morgan fingerprint density at radius 3 is 2.87 bits per heavy atom. The Kier molecular flexibility index (Phi) is 3.26. The zero-order valence-corrected chi connectivity index (χ0v) is 11.3. The summed E-state index contributed by atoms with van der Waals surface area (Å²) in [4.78, 5) is 4.13. The summed E-state index contributed by atoms with van der Waals surface area (Å²) >= 11 is 6.89. The van der Waals surface area contributed by atoms with Crippen molar-refractivity contribution < 1.29 is 4.42 Å². The lowest BCUT2D eigenvalue weighted by atomic mass is 10.1. The van der Waals surface area contributed by atoms with E-state index in [-0.39, 0.29) is 0 Å². The molecule has 0 aliphatic carbocycles. The van der Waals surface area contributed by atoms with Crippen LogP contribution in [0.2, 0.25) is 0 Å². The first kappa shape index (κ1) is 10.9. The van der Waals surface area contributed by atoms with Crippen LogP contribution in [0, 0.1) is 6.92 Å². The molecule has 0 amide bonds. The zero-order chi connectivity index (χ0) is 10.8. The van der Waals surface area contributed by atoms with Gasteiger partial charge in [-0.3, -0.25) is 0 Å². The fourth-order valence-corrected chi connectivity index (χ4v) is 2.11. The molecular formula is C11H9Br2NO. The van der Waals surface area contributed by atoms with E-state index in [0.29, 0.717) is 5.33 Å². The highest BCUT2D eigenvalue weighted by Crippen LogP contribution is 2.28. The number of rotatable bonds is 2. The Morgan fingerprint density at radius 1 is 1.40 bits per heavy atom. The number of nitrogens with zero attached hydrogens (tertiary/aromatic N) is 1. The molecule has 1 aromatic carbocycles. The second-order valence-corrected chi connectivity index (χ2v) is 4.64. The van der Waals surface area contributed by atoms with Crippen molar-refractivity contribution in [2.75, 3.05) is 0 Å². The number of benzene rings is 1. The molecule has 0 aliphatic heterocycles. The third-order valence-corrected chi connectivity index (χ3v) is 3.59. The van der Waals surface area contributed by atoms with Gasteiger partial charge in [0.1, 0.15) is 0 Å². The highest BCUT2D eigenvalue weighted by molar-refractivity contribution is 9.10. The highest BCUT2D eigenvalue weighted by atomic mass is 79.9. The van der Waals surface area contributed by atoms with Gasteiger partial charge >= 0.3 is 0 Å². The van der Waals surface area contributed by atoms with Gasteiger partial charge in [-0.2, -0.15) is 0 Å². The van der Waals surface area contributed by atoms with Gasteiger partial charge in [0.25, 0.3) is 0 Å². The van der Waals surface area contributed by atoms with Crippen LogP contribution in [0.3, 0.4) is 0 Å². The van der Waals surface area contributed by atoms with E-state index in [4.69, 9.17) is 4.42 Å². The minimum absolute atomic E-state index is 0.699. The van der Waals surface area contributed by atoms with Crippen LogP contribution in [-0.2, 0) is 5.33 Å². The second kappa shape index (κ2) is 4.49. The Hall–Kier alpha value is -0.610. The van der Waals surface area contributed by atoms with Crippen LogP contribution in [0.4, 0.5) is 0 Å². The molecule has 1 heterocycles. The molecular weight excluding hydrogens is 322 g/mol. The van der Waals surface area contributed by atoms with Crippen LogP contribution >= 0.6 is 31.9 Å². The van der Waals surface area contributed by atoms with Crippen LogP contribution in [0.5, 0.6) is 0 Å². The molecule has 0 aliphatic rings. The second-order valence-electron chi connectivity index (χ2n) is 3.23. The molecule has 2 nitrogen and oxygen atoms in total. The van der Waals surface area contributed by atoms with Crippen LogP contribution in [0.1, 0.15) is 11.3 Å². The normalized spacial score (nSPS) is 10.6. The lowest BCUT2D eigenvalue weighted by Gasteiger charge is -2.02. The quantitative estimate of drug-likeness (QED) is 0.767. The molecule has 0 atom stereocenters. The number of oxazole rings is 1. The highest BCUT2D eigenvalue weighted by Gasteiger charge is 2.10. The van der Waals surface area contributed by atoms with Crippen LogP contribution in [0.15, 0.2) is 33.5 Å². The van der Waals surface area contributed by atoms with Crippen LogP contribution in [0.25, 0.3) is 11.3 Å². The molecule has 0 saturated heterocycles. The first-order valence-electron chi connectivity index (χ1n) is 4.47. The Labute approximate surface area is 105 Å². The summed E-state index contributed by atoms with van der Waals surface area (Å²) in [5.41, 5.74) is 3.17. The van der Waals surface area contributed by atoms with E-state index in [9.17, 15) is 0 Å². The van der Waals surface area contributed by atoms with E-state index in [2.05, 4.69) is 49.8 Å². The van der Waals surface area contributed by atoms with Gasteiger partial charge in [0, 0.05) is 15.4 Å². The lowest BCUT2D eigenvalue weighted by molar-refractivity contribution is 0.571. The van der Waals surface area contributed by atoms with Gasteiger partial charge in [-0.25, -0.2) is 4.98 Å². The SMILES string of the molecule is Cc1ccc(-c2ocnc2CBr)cc1Br. The van der Waals surface area contributed by atoms with Crippen molar-refractivity contribution in [1.29, 1.82) is 0 Å². The Balaban J connectivity index is 2.50. The predicted molar refractivity (Wildman–Crippen MR) is 67.0 cm³/mol. The van der Waals surface area contributed by atoms with Gasteiger partial charge < -0.3 is 4.42 Å². The van der Waals surface area contributed by atoms with Gasteiger partial charge in [-0.05, 0) is 18.6 Å². The van der Waals surface area contributed by atoms with Crippen LogP contribution < -0.4 is 0 Å². The molecule has 15 heavy (non-hydrogen) atoms. The van der Waals surface area contributed by atoms with E-state index in [1.165, 1.54) is 12.0 Å². The third-order valence-electron chi connectivity index (χ3n) is 2.20. The Bertz CT molecular complexity index is 479. The van der Waals surface area contributed by atoms with E-state index >= 15 is 0 Å². The molecule has 0 fully saturated rings. The molecule has 78 valence electrons. The lowest BCUT2D eigenvalue weighted by Crippen LogP contribution is -1.84. The maximum absolute atomic E-state index is 5.37. The van der Waals surface area contributed by atoms with Gasteiger partial charge in [0.15, 0.2) is 12.2 Å². The minimum Gasteiger partial charge on any atom is -0.443 e. The van der Waals surface area contributed by atoms with Gasteiger partial charge in [-0.1, -0.05) is 44.0 Å². The monoisotopic (exact) mass is 329 g/mol. The van der Waals surface area contributed by atoms with E-state index < -0.39 is 0 Å². The van der Waals surface area contributed by atoms with Crippen molar-refractivity contribution in [3.8, 4) is 11.3 Å². The minimum atomic E-state index is 0.699. The van der Waals surface area contributed by atoms with Crippen molar-refractivity contribution >= 4 is 31.9 Å². The predicted octanol–water partition coefficient (Wildman–Crippen LogP) is 4.31. The first-order chi connectivity index (χ1) is 7.22. The summed E-state index contributed by atoms with van der Waals surface area (Å²) in [6, 6.07) is 6.13. The number of aromatic nitrogens is 1. The average Bonchev–Trinajstić information content (AvgIpc) is 2.70. The maximum atomic E-state index is 5.37. The standard InChI is InChI=1S/C11H9Br2NO/c1-7-2-3-8(4-9(7)13)11-10(5-12)14-6-15-11/h2-4,6H,5H2,1H3. The van der Waals surface area contributed by atoms with Gasteiger partial charge in [-0.15, -0.1) is 0 Å². The summed E-state index contributed by atoms with van der Waals surface area (Å²) in [7, 11) is 0. The molecule has 0 radical (unpaired) electrons. The third kappa shape index (κ3) is 2.16. The topological polar surface area (TPSA) is 26.0 Å². The summed E-state index contributed by atoms with van der Waals surface area (Å²) in [6.45, 7) is 2.06. The Morgan fingerprint density at radius 2 is 2.20 bits per heavy atom. The summed E-state index contributed by atoms with van der Waals surface area (Å²) in [5, 5.41) is 0.699. The first-order valence-corrected chi connectivity index (χ1v) is 6.38. The number of hydrogen-bond acceptors (Lipinski definition) is 2. The molecule has 2 rings (SSSR count). The molecule has 1 aromatic heterocycles. The van der Waals surface area contributed by atoms with Crippen LogP contribution in [-0.4, -0.2) is 4.98 Å². The molecule has 0 saturated carbocycles. The van der Waals surface area contributed by atoms with E-state index in [1.807, 2.05) is 12.1 Å². The average molecular weight is 331 g/mol.